The van der Waals surface area contributed by atoms with E-state index in [1.54, 1.807) is 39.0 Å². The lowest BCUT2D eigenvalue weighted by Gasteiger charge is -2.50. The van der Waals surface area contributed by atoms with Gasteiger partial charge in [-0.15, -0.1) is 23.2 Å². The van der Waals surface area contributed by atoms with E-state index in [2.05, 4.69) is 0 Å². The Hall–Kier alpha value is -2.38. The number of hydrogen-bond donors (Lipinski definition) is 1. The maximum absolute atomic E-state index is 13.6. The maximum atomic E-state index is 13.6. The van der Waals surface area contributed by atoms with Gasteiger partial charge in [0.1, 0.15) is 5.75 Å². The number of para-hydroxylation sites is 1. The first kappa shape index (κ1) is 23.4. The van der Waals surface area contributed by atoms with E-state index in [0.29, 0.717) is 17.6 Å². The number of aromatic hydroxyl groups is 1. The number of imide groups is 2. The van der Waals surface area contributed by atoms with Crippen molar-refractivity contribution in [2.24, 2.45) is 17.8 Å². The summed E-state index contributed by atoms with van der Waals surface area (Å²) in [6.45, 7) is 5.42. The molecule has 1 saturated carbocycles. The highest BCUT2D eigenvalue weighted by Gasteiger charge is 2.76. The lowest BCUT2D eigenvalue weighted by molar-refractivity contribution is -0.146. The second-order valence-corrected chi connectivity index (χ2v) is 12.0. The minimum atomic E-state index is -1.89. The molecule has 3 fully saturated rings. The van der Waals surface area contributed by atoms with Crippen LogP contribution in [0.15, 0.2) is 35.9 Å². The van der Waals surface area contributed by atoms with E-state index in [-0.39, 0.29) is 24.0 Å². The number of likely N-dealkylation sites (tertiary alicyclic amines) is 2. The van der Waals surface area contributed by atoms with E-state index >= 15 is 0 Å². The third-order valence-corrected chi connectivity index (χ3v) is 9.35. The van der Waals surface area contributed by atoms with Crippen LogP contribution in [0, 0.1) is 17.8 Å². The van der Waals surface area contributed by atoms with Crippen molar-refractivity contribution in [1.82, 2.24) is 9.80 Å². The average molecular weight is 505 g/mol. The van der Waals surface area contributed by atoms with Crippen molar-refractivity contribution in [3.8, 4) is 5.75 Å². The summed E-state index contributed by atoms with van der Waals surface area (Å²) in [4.78, 5) is 52.2. The number of rotatable bonds is 1. The van der Waals surface area contributed by atoms with Crippen LogP contribution in [0.1, 0.15) is 45.1 Å². The van der Waals surface area contributed by atoms with E-state index in [4.69, 9.17) is 23.2 Å². The van der Waals surface area contributed by atoms with Crippen LogP contribution in [-0.4, -0.2) is 60.9 Å². The molecule has 4 amide bonds. The molecule has 6 unspecified atom stereocenters. The smallest absolute Gasteiger partial charge is 0.253 e. The van der Waals surface area contributed by atoms with Crippen molar-refractivity contribution in [3.63, 3.8) is 0 Å². The zero-order valence-electron chi connectivity index (χ0n) is 19.3. The van der Waals surface area contributed by atoms with Crippen molar-refractivity contribution < 1.29 is 24.3 Å². The summed E-state index contributed by atoms with van der Waals surface area (Å²) < 4.78 is 0. The van der Waals surface area contributed by atoms with E-state index in [1.165, 1.54) is 18.0 Å². The number of alkyl halides is 2. The third kappa shape index (κ3) is 2.65. The molecule has 1 N–H and O–H groups in total. The van der Waals surface area contributed by atoms with Crippen LogP contribution in [0.4, 0.5) is 0 Å². The van der Waals surface area contributed by atoms with Crippen molar-refractivity contribution in [3.05, 3.63) is 41.5 Å². The minimum Gasteiger partial charge on any atom is -0.508 e. The van der Waals surface area contributed by atoms with Gasteiger partial charge < -0.3 is 5.11 Å². The Morgan fingerprint density at radius 1 is 1.00 bits per heavy atom. The van der Waals surface area contributed by atoms with Gasteiger partial charge in [0.2, 0.25) is 11.8 Å². The Bertz CT molecular complexity index is 1190. The fraction of sp³-hybridized carbons (Fsp3) is 0.520. The normalized spacial score (nSPS) is 37.5. The Morgan fingerprint density at radius 2 is 1.65 bits per heavy atom. The van der Waals surface area contributed by atoms with Crippen molar-refractivity contribution in [2.45, 2.75) is 54.8 Å². The van der Waals surface area contributed by atoms with Crippen molar-refractivity contribution in [2.75, 3.05) is 7.05 Å². The summed E-state index contributed by atoms with van der Waals surface area (Å²) in [7, 11) is 1.34. The standard InChI is InChI=1S/C25H26Cl2N2O5/c1-23(2,3)29-19(31)14-10-9-12-15(17(14)20(29)32)11-24(26)21(33)28(4)22(34)25(24,27)18(12)13-7-5-6-8-16(13)30/h5-9,14-15,17-18,30H,10-11H2,1-4H3. The van der Waals surface area contributed by atoms with Crippen LogP contribution in [0.25, 0.3) is 0 Å². The summed E-state index contributed by atoms with van der Waals surface area (Å²) >= 11 is 14.1. The quantitative estimate of drug-likeness (QED) is 0.360. The van der Waals surface area contributed by atoms with Crippen molar-refractivity contribution >= 4 is 46.8 Å². The molecule has 0 aromatic heterocycles. The summed E-state index contributed by atoms with van der Waals surface area (Å²) in [5.74, 6) is -4.73. The van der Waals surface area contributed by atoms with E-state index < -0.39 is 50.8 Å². The number of phenols is 1. The lowest BCUT2D eigenvalue weighted by atomic mass is 9.56. The highest BCUT2D eigenvalue weighted by Crippen LogP contribution is 2.66. The highest BCUT2D eigenvalue weighted by atomic mass is 35.5. The molecule has 7 nitrogen and oxygen atoms in total. The van der Waals surface area contributed by atoms with Gasteiger partial charge in [-0.2, -0.15) is 0 Å². The van der Waals surface area contributed by atoms with Crippen LogP contribution in [-0.2, 0) is 19.2 Å². The molecule has 2 saturated heterocycles. The predicted molar refractivity (Wildman–Crippen MR) is 125 cm³/mol. The van der Waals surface area contributed by atoms with Gasteiger partial charge in [0, 0.05) is 24.1 Å². The Morgan fingerprint density at radius 3 is 2.26 bits per heavy atom. The number of carbonyl (C=O) groups is 4. The first-order valence-electron chi connectivity index (χ1n) is 11.3. The fourth-order valence-corrected chi connectivity index (χ4v) is 7.49. The molecule has 9 heteroatoms. The Labute approximate surface area is 207 Å². The average Bonchev–Trinajstić information content (AvgIpc) is 3.10. The topological polar surface area (TPSA) is 95.0 Å². The van der Waals surface area contributed by atoms with Crippen LogP contribution in [0.3, 0.4) is 0 Å². The number of halogens is 2. The first-order chi connectivity index (χ1) is 15.8. The van der Waals surface area contributed by atoms with Crippen LogP contribution in [0.2, 0.25) is 0 Å². The molecule has 0 bridgehead atoms. The van der Waals surface area contributed by atoms with Gasteiger partial charge in [-0.05, 0) is 45.6 Å². The molecule has 4 aliphatic rings. The molecule has 1 aromatic rings. The largest absolute Gasteiger partial charge is 0.508 e. The van der Waals surface area contributed by atoms with Crippen molar-refractivity contribution in [1.29, 1.82) is 0 Å². The Kier molecular flexibility index (Phi) is 4.86. The van der Waals surface area contributed by atoms with E-state index in [1.807, 2.05) is 6.08 Å². The van der Waals surface area contributed by atoms with Gasteiger partial charge in [0.05, 0.1) is 11.8 Å². The molecule has 0 radical (unpaired) electrons. The number of benzene rings is 1. The van der Waals surface area contributed by atoms with Gasteiger partial charge in [-0.25, -0.2) is 0 Å². The molecule has 0 spiro atoms. The summed E-state index contributed by atoms with van der Waals surface area (Å²) in [6, 6.07) is 6.48. The molecule has 5 rings (SSSR count). The highest BCUT2D eigenvalue weighted by molar-refractivity contribution is 6.53. The van der Waals surface area contributed by atoms with Crippen LogP contribution >= 0.6 is 23.2 Å². The third-order valence-electron chi connectivity index (χ3n) is 7.93. The number of hydrogen-bond acceptors (Lipinski definition) is 5. The molecule has 1 aromatic carbocycles. The second-order valence-electron chi connectivity index (χ2n) is 10.7. The van der Waals surface area contributed by atoms with Gasteiger partial charge in [-0.1, -0.05) is 29.8 Å². The second kappa shape index (κ2) is 7.08. The number of allylic oxidation sites excluding steroid dienone is 2. The number of fused-ring (bicyclic) bond motifs is 4. The van der Waals surface area contributed by atoms with Crippen LogP contribution < -0.4 is 0 Å². The maximum Gasteiger partial charge on any atom is 0.253 e. The van der Waals surface area contributed by atoms with Gasteiger partial charge in [0.25, 0.3) is 11.8 Å². The zero-order valence-corrected chi connectivity index (χ0v) is 20.9. The Balaban J connectivity index is 1.73. The minimum absolute atomic E-state index is 0.0545. The van der Waals surface area contributed by atoms with Crippen LogP contribution in [0.5, 0.6) is 5.75 Å². The summed E-state index contributed by atoms with van der Waals surface area (Å²) in [5.41, 5.74) is 0.325. The summed E-state index contributed by atoms with van der Waals surface area (Å²) in [6.07, 6.45) is 2.11. The van der Waals surface area contributed by atoms with Gasteiger partial charge in [-0.3, -0.25) is 29.0 Å². The SMILES string of the molecule is CN1C(=O)C2(Cl)CC3C(=CCC4C(=O)N(C(C)(C)C)C(=O)C43)C(c3ccccc3O)C2(Cl)C1=O. The van der Waals surface area contributed by atoms with E-state index in [9.17, 15) is 24.3 Å². The predicted octanol–water partition coefficient (Wildman–Crippen LogP) is 3.18. The number of amides is 4. The molecule has 6 atom stereocenters. The molecule has 34 heavy (non-hydrogen) atoms. The zero-order chi connectivity index (χ0) is 25.0. The number of phenolic OH excluding ortho intramolecular Hbond substituents is 1. The number of carbonyl (C=O) groups excluding carboxylic acids is 4. The molecule has 180 valence electrons. The van der Waals surface area contributed by atoms with Gasteiger partial charge >= 0.3 is 0 Å². The lowest BCUT2D eigenvalue weighted by Crippen LogP contribution is -2.60. The summed E-state index contributed by atoms with van der Waals surface area (Å²) in [5, 5.41) is 10.8. The first-order valence-corrected chi connectivity index (χ1v) is 12.1. The molecular weight excluding hydrogens is 479 g/mol. The van der Waals surface area contributed by atoms with Gasteiger partial charge in [0.15, 0.2) is 9.75 Å². The molecular formula is C25H26Cl2N2O5. The molecule has 2 heterocycles. The number of nitrogens with zero attached hydrogens (tertiary/aromatic N) is 2. The molecule has 2 aliphatic heterocycles. The fourth-order valence-electron chi connectivity index (χ4n) is 6.48. The van der Waals surface area contributed by atoms with E-state index in [0.717, 1.165) is 4.90 Å². The molecule has 2 aliphatic carbocycles. The monoisotopic (exact) mass is 504 g/mol.